The number of ether oxygens (including phenoxy) is 1. The molecule has 1 heterocycles. The Kier molecular flexibility index (Phi) is 4.79. The molecule has 0 unspecified atom stereocenters. The molecule has 0 aliphatic carbocycles. The third kappa shape index (κ3) is 3.55. The van der Waals surface area contributed by atoms with Gasteiger partial charge in [-0.25, -0.2) is 9.78 Å². The van der Waals surface area contributed by atoms with Gasteiger partial charge in [0.2, 0.25) is 0 Å². The highest BCUT2D eigenvalue weighted by Gasteiger charge is 2.20. The molecule has 1 aromatic heterocycles. The summed E-state index contributed by atoms with van der Waals surface area (Å²) in [6.45, 7) is 3.79. The van der Waals surface area contributed by atoms with Crippen LogP contribution in [-0.2, 0) is 0 Å². The molecule has 0 aromatic carbocycles. The lowest BCUT2D eigenvalue weighted by Gasteiger charge is -2.05. The van der Waals surface area contributed by atoms with Crippen molar-refractivity contribution in [2.75, 3.05) is 6.61 Å². The molecule has 1 rings (SSSR count). The Morgan fingerprint density at radius 3 is 2.94 bits per heavy atom. The summed E-state index contributed by atoms with van der Waals surface area (Å²) in [4.78, 5) is 24.4. The zero-order valence-electron chi connectivity index (χ0n) is 9.54. The van der Waals surface area contributed by atoms with E-state index in [1.165, 1.54) is 0 Å². The van der Waals surface area contributed by atoms with E-state index in [-0.39, 0.29) is 18.1 Å². The van der Waals surface area contributed by atoms with Crippen LogP contribution in [-0.4, -0.2) is 27.6 Å². The second-order valence-electron chi connectivity index (χ2n) is 3.39. The minimum atomic E-state index is -1.27. The number of rotatable bonds is 7. The van der Waals surface area contributed by atoms with Crippen molar-refractivity contribution in [1.29, 1.82) is 0 Å². The molecule has 0 fully saturated rings. The Bertz CT molecular complexity index is 473. The highest BCUT2D eigenvalue weighted by molar-refractivity contribution is 5.88. The van der Waals surface area contributed by atoms with Crippen LogP contribution in [0.1, 0.15) is 23.2 Å². The van der Waals surface area contributed by atoms with E-state index in [0.717, 1.165) is 18.7 Å². The predicted molar refractivity (Wildman–Crippen MR) is 62.8 cm³/mol. The average molecular weight is 252 g/mol. The summed E-state index contributed by atoms with van der Waals surface area (Å²) >= 11 is 0. The summed E-state index contributed by atoms with van der Waals surface area (Å²) < 4.78 is 5.14. The Labute approximate surface area is 103 Å². The van der Waals surface area contributed by atoms with Crippen molar-refractivity contribution in [2.24, 2.45) is 0 Å². The Hall–Kier alpha value is -2.44. The first-order chi connectivity index (χ1) is 8.56. The molecular formula is C11H12N2O5. The van der Waals surface area contributed by atoms with E-state index in [4.69, 9.17) is 9.84 Å². The van der Waals surface area contributed by atoms with Crippen molar-refractivity contribution in [3.8, 4) is 5.88 Å². The summed E-state index contributed by atoms with van der Waals surface area (Å²) in [6.07, 6.45) is 4.11. The van der Waals surface area contributed by atoms with E-state index in [1.807, 2.05) is 0 Å². The number of carboxylic acid groups (broad SMARTS) is 1. The SMILES string of the molecule is C=CCCCOc1ncc(C(=O)O)cc1[N+](=O)[O-]. The second-order valence-corrected chi connectivity index (χ2v) is 3.39. The van der Waals surface area contributed by atoms with Gasteiger partial charge in [-0.1, -0.05) is 6.08 Å². The van der Waals surface area contributed by atoms with Gasteiger partial charge < -0.3 is 9.84 Å². The van der Waals surface area contributed by atoms with Crippen LogP contribution in [0.4, 0.5) is 5.69 Å². The lowest BCUT2D eigenvalue weighted by atomic mass is 10.2. The van der Waals surface area contributed by atoms with Crippen molar-refractivity contribution in [1.82, 2.24) is 4.98 Å². The van der Waals surface area contributed by atoms with Gasteiger partial charge in [-0.15, -0.1) is 6.58 Å². The minimum Gasteiger partial charge on any atom is -0.478 e. The molecular weight excluding hydrogens is 240 g/mol. The first-order valence-electron chi connectivity index (χ1n) is 5.17. The molecule has 1 aromatic rings. The number of nitro groups is 1. The first kappa shape index (κ1) is 13.6. The summed E-state index contributed by atoms with van der Waals surface area (Å²) in [5.74, 6) is -1.45. The molecule has 0 aliphatic rings. The maximum Gasteiger partial charge on any atom is 0.337 e. The van der Waals surface area contributed by atoms with Crippen LogP contribution in [0.15, 0.2) is 24.9 Å². The summed E-state index contributed by atoms with van der Waals surface area (Å²) in [5.41, 5.74) is -0.700. The molecule has 0 aliphatic heterocycles. The normalized spacial score (nSPS) is 9.78. The molecule has 0 amide bonds. The fraction of sp³-hybridized carbons (Fsp3) is 0.273. The highest BCUT2D eigenvalue weighted by Crippen LogP contribution is 2.25. The molecule has 0 saturated heterocycles. The number of hydrogen-bond acceptors (Lipinski definition) is 5. The number of carbonyl (C=O) groups is 1. The van der Waals surface area contributed by atoms with Gasteiger partial charge in [0, 0.05) is 12.3 Å². The first-order valence-corrected chi connectivity index (χ1v) is 5.17. The van der Waals surface area contributed by atoms with E-state index in [0.29, 0.717) is 6.42 Å². The monoisotopic (exact) mass is 252 g/mol. The fourth-order valence-electron chi connectivity index (χ4n) is 1.20. The zero-order chi connectivity index (χ0) is 13.5. The highest BCUT2D eigenvalue weighted by atomic mass is 16.6. The smallest absolute Gasteiger partial charge is 0.337 e. The van der Waals surface area contributed by atoms with E-state index in [1.54, 1.807) is 6.08 Å². The molecule has 18 heavy (non-hydrogen) atoms. The van der Waals surface area contributed by atoms with Crippen LogP contribution >= 0.6 is 0 Å². The largest absolute Gasteiger partial charge is 0.478 e. The lowest BCUT2D eigenvalue weighted by molar-refractivity contribution is -0.386. The number of carboxylic acids is 1. The number of pyridine rings is 1. The number of unbranched alkanes of at least 4 members (excludes halogenated alkanes) is 1. The molecule has 0 bridgehead atoms. The van der Waals surface area contributed by atoms with Gasteiger partial charge in [-0.05, 0) is 12.8 Å². The molecule has 0 spiro atoms. The van der Waals surface area contributed by atoms with E-state index in [2.05, 4.69) is 11.6 Å². The Morgan fingerprint density at radius 1 is 1.67 bits per heavy atom. The number of aromatic carboxylic acids is 1. The van der Waals surface area contributed by atoms with Gasteiger partial charge in [-0.2, -0.15) is 0 Å². The van der Waals surface area contributed by atoms with E-state index in [9.17, 15) is 14.9 Å². The second kappa shape index (κ2) is 6.33. The van der Waals surface area contributed by atoms with E-state index >= 15 is 0 Å². The molecule has 0 radical (unpaired) electrons. The van der Waals surface area contributed by atoms with Crippen molar-refractivity contribution in [3.05, 3.63) is 40.6 Å². The Balaban J connectivity index is 2.86. The number of allylic oxidation sites excluding steroid dienone is 1. The quantitative estimate of drug-likeness (QED) is 0.344. The fourth-order valence-corrected chi connectivity index (χ4v) is 1.20. The average Bonchev–Trinajstić information content (AvgIpc) is 2.34. The summed E-state index contributed by atoms with van der Waals surface area (Å²) in [6, 6.07) is 0.929. The lowest BCUT2D eigenvalue weighted by Crippen LogP contribution is -2.05. The van der Waals surface area contributed by atoms with Crippen molar-refractivity contribution in [3.63, 3.8) is 0 Å². The minimum absolute atomic E-state index is 0.172. The van der Waals surface area contributed by atoms with Gasteiger partial charge in [0.15, 0.2) is 0 Å². The van der Waals surface area contributed by atoms with Gasteiger partial charge in [0.05, 0.1) is 17.1 Å². The Morgan fingerprint density at radius 2 is 2.39 bits per heavy atom. The summed E-state index contributed by atoms with van der Waals surface area (Å²) in [7, 11) is 0. The van der Waals surface area contributed by atoms with Crippen LogP contribution in [0.25, 0.3) is 0 Å². The predicted octanol–water partition coefficient (Wildman–Crippen LogP) is 2.03. The van der Waals surface area contributed by atoms with Gasteiger partial charge in [0.25, 0.3) is 5.88 Å². The van der Waals surface area contributed by atoms with Crippen molar-refractivity contribution < 1.29 is 19.6 Å². The van der Waals surface area contributed by atoms with Crippen LogP contribution in [0.5, 0.6) is 5.88 Å². The molecule has 1 N–H and O–H groups in total. The maximum absolute atomic E-state index is 10.8. The third-order valence-electron chi connectivity index (χ3n) is 2.07. The van der Waals surface area contributed by atoms with Crippen molar-refractivity contribution >= 4 is 11.7 Å². The van der Waals surface area contributed by atoms with Crippen molar-refractivity contribution in [2.45, 2.75) is 12.8 Å². The van der Waals surface area contributed by atoms with Crippen LogP contribution in [0.3, 0.4) is 0 Å². The maximum atomic E-state index is 10.8. The van der Waals surface area contributed by atoms with Gasteiger partial charge in [0.1, 0.15) is 0 Å². The standard InChI is InChI=1S/C11H12N2O5/c1-2-3-4-5-18-10-9(13(16)17)6-8(7-12-10)11(14)15/h2,6-7H,1,3-5H2,(H,14,15). The molecule has 0 saturated carbocycles. The number of aromatic nitrogens is 1. The molecule has 96 valence electrons. The van der Waals surface area contributed by atoms with Gasteiger partial charge >= 0.3 is 11.7 Å². The number of hydrogen-bond donors (Lipinski definition) is 1. The summed E-state index contributed by atoms with van der Waals surface area (Å²) in [5, 5.41) is 19.5. The molecule has 7 nitrogen and oxygen atoms in total. The molecule has 7 heteroatoms. The van der Waals surface area contributed by atoms with Crippen LogP contribution in [0.2, 0.25) is 0 Å². The third-order valence-corrected chi connectivity index (χ3v) is 2.07. The van der Waals surface area contributed by atoms with Crippen LogP contribution < -0.4 is 4.74 Å². The topological polar surface area (TPSA) is 103 Å². The van der Waals surface area contributed by atoms with E-state index < -0.39 is 16.6 Å². The molecule has 0 atom stereocenters. The zero-order valence-corrected chi connectivity index (χ0v) is 9.54. The van der Waals surface area contributed by atoms with Gasteiger partial charge in [-0.3, -0.25) is 10.1 Å². The number of nitrogens with zero attached hydrogens (tertiary/aromatic N) is 2. The van der Waals surface area contributed by atoms with Crippen LogP contribution in [0, 0.1) is 10.1 Å².